The highest BCUT2D eigenvalue weighted by Crippen LogP contribution is 2.37. The van der Waals surface area contributed by atoms with Gasteiger partial charge in [0.25, 0.3) is 0 Å². The molecule has 0 aromatic carbocycles. The van der Waals surface area contributed by atoms with Gasteiger partial charge in [-0.25, -0.2) is 0 Å². The molecule has 0 radical (unpaired) electrons. The van der Waals surface area contributed by atoms with Crippen molar-refractivity contribution < 1.29 is 71.4 Å². The maximum Gasteiger partial charge on any atom is 0.306 e. The summed E-state index contributed by atoms with van der Waals surface area (Å²) in [4.78, 5) is 89.7. The van der Waals surface area contributed by atoms with Gasteiger partial charge in [-0.15, -0.1) is 0 Å². The second-order valence-electron chi connectivity index (χ2n) is 22.9. The van der Waals surface area contributed by atoms with Gasteiger partial charge >= 0.3 is 35.8 Å². The summed E-state index contributed by atoms with van der Waals surface area (Å²) < 4.78 is 59.3. The smallest absolute Gasteiger partial charge is 0.306 e. The third-order valence-electron chi connectivity index (χ3n) is 15.5. The number of nitrogens with zero attached hydrogens (tertiary/aromatic N) is 2. The van der Waals surface area contributed by atoms with Crippen LogP contribution in [0.3, 0.4) is 0 Å². The summed E-state index contributed by atoms with van der Waals surface area (Å²) in [5.74, 6) is -2.20. The number of ether oxygens (including phenoxy) is 9. The molecule has 87 heavy (non-hydrogen) atoms. The summed E-state index contributed by atoms with van der Waals surface area (Å²) in [5.41, 5.74) is 0. The van der Waals surface area contributed by atoms with E-state index in [1.54, 1.807) is 0 Å². The minimum absolute atomic E-state index is 0.00375. The van der Waals surface area contributed by atoms with E-state index in [0.717, 1.165) is 116 Å². The molecule has 5 aliphatic rings. The Balaban J connectivity index is 1.91. The maximum atomic E-state index is 14.2. The minimum Gasteiger partial charge on any atom is -0.455 e. The van der Waals surface area contributed by atoms with E-state index >= 15 is 0 Å². The molecule has 0 aliphatic carbocycles. The Morgan fingerprint density at radius 3 is 0.931 bits per heavy atom. The number of nitrogens with one attached hydrogen (secondary N) is 4. The third-order valence-corrected chi connectivity index (χ3v) is 18.2. The van der Waals surface area contributed by atoms with Gasteiger partial charge in [-0.3, -0.25) is 38.6 Å². The zero-order valence-corrected chi connectivity index (χ0v) is 56.6. The second-order valence-corrected chi connectivity index (χ2v) is 26.0. The summed E-state index contributed by atoms with van der Waals surface area (Å²) in [7, 11) is 0. The molecule has 5 heterocycles. The van der Waals surface area contributed by atoms with Gasteiger partial charge in [0.05, 0.1) is 0 Å². The summed E-state index contributed by atoms with van der Waals surface area (Å²) in [6.45, 7) is 19.8. The standard InChI is InChI=1S/C62H108N6O15S4/c1-7-13-19-25-47(69)77-53-45-43-86-41-33-65-61(84)63-31-35-67-37-39-68(40-38-67)36-32-64-62(85)66-34-42-87-44-46-54(78-48(70)26-20-14-8-2)56(80-50(72)28-22-16-10-4)58(82-52(74)30-24-18-12-6)60(76-46)83-59(75-45)57(81-51(73)29-23-17-11-5)55(53)79-49(71)27-21-15-9-3/h45-46,53-60H,7-44H2,1-6H3,(H2,63,65,84)(H2,64,66,85)/t45?,46?,53-,54-,55+,56?,57?,58?,59-,60-/m1/s1. The first-order valence-corrected chi connectivity index (χ1v) is 36.1. The number of rotatable bonds is 30. The summed E-state index contributed by atoms with van der Waals surface area (Å²) in [5, 5.41) is 14.3. The summed E-state index contributed by atoms with van der Waals surface area (Å²) >= 11 is 14.3. The highest BCUT2D eigenvalue weighted by atomic mass is 32.2. The largest absolute Gasteiger partial charge is 0.455 e. The first kappa shape index (κ1) is 76.2. The van der Waals surface area contributed by atoms with E-state index in [1.807, 2.05) is 41.5 Å². The molecule has 6 bridgehead atoms. The van der Waals surface area contributed by atoms with Crippen molar-refractivity contribution in [3.63, 3.8) is 0 Å². The van der Waals surface area contributed by atoms with Crippen molar-refractivity contribution in [2.24, 2.45) is 0 Å². The molecule has 5 aliphatic heterocycles. The Hall–Kier alpha value is -3.30. The fourth-order valence-corrected chi connectivity index (χ4v) is 12.7. The van der Waals surface area contributed by atoms with Gasteiger partial charge in [0, 0.05) is 127 Å². The number of thiocarbonyl (C=S) groups is 2. The van der Waals surface area contributed by atoms with Crippen molar-refractivity contribution in [2.45, 2.75) is 257 Å². The molecule has 5 saturated heterocycles. The van der Waals surface area contributed by atoms with Crippen LogP contribution in [-0.2, 0) is 71.4 Å². The predicted octanol–water partition coefficient (Wildman–Crippen LogP) is 8.43. The molecular weight excluding hydrogens is 1200 g/mol. The first-order valence-electron chi connectivity index (χ1n) is 33.0. The lowest BCUT2D eigenvalue weighted by atomic mass is 9.97. The molecule has 0 aromatic heterocycles. The molecule has 4 N–H and O–H groups in total. The zero-order valence-electron chi connectivity index (χ0n) is 53.3. The number of hydrogen-bond donors (Lipinski definition) is 4. The summed E-state index contributed by atoms with van der Waals surface area (Å²) in [6, 6.07) is 0. The predicted molar refractivity (Wildman–Crippen MR) is 347 cm³/mol. The number of fused-ring (bicyclic) bond motifs is 18. The Labute approximate surface area is 539 Å². The number of carbonyl (C=O) groups is 6. The van der Waals surface area contributed by atoms with Crippen molar-refractivity contribution in [2.75, 3.05) is 88.5 Å². The van der Waals surface area contributed by atoms with Crippen LogP contribution in [-0.4, -0.2) is 206 Å². The molecular formula is C62H108N6O15S4. The quantitative estimate of drug-likeness (QED) is 0.0228. The SMILES string of the molecule is CCCCCC(=O)OC1C(OC(=O)CCCCC)[C@H](OC(=O)CCCCC)C2CSCCNC(=S)NCCN3CCN(CCNC(=S)NCCSCC4O[C@H](O[C@H]1O2)C(OC(=O)CCCCC)[C@@H](OC(=O)CCCCC)[C@@H]4OC(=O)CCCCC)CC3. The molecule has 21 nitrogen and oxygen atoms in total. The van der Waals surface area contributed by atoms with Crippen molar-refractivity contribution in [1.82, 2.24) is 31.1 Å². The van der Waals surface area contributed by atoms with Crippen molar-refractivity contribution in [3.8, 4) is 0 Å². The highest BCUT2D eigenvalue weighted by Gasteiger charge is 2.58. The molecule has 0 spiro atoms. The average Bonchev–Trinajstić information content (AvgIpc) is 0.912. The van der Waals surface area contributed by atoms with E-state index in [0.29, 0.717) is 86.4 Å². The molecule has 5 rings (SSSR count). The number of unbranched alkanes of at least 4 members (excludes halogenated alkanes) is 12. The van der Waals surface area contributed by atoms with Gasteiger partial charge in [0.2, 0.25) is 12.6 Å². The third kappa shape index (κ3) is 30.6. The van der Waals surface area contributed by atoms with Gasteiger partial charge in [0.15, 0.2) is 46.8 Å². The Bertz CT molecular complexity index is 1880. The molecule has 0 amide bonds. The fourth-order valence-electron chi connectivity index (χ4n) is 10.4. The van der Waals surface area contributed by atoms with E-state index in [9.17, 15) is 28.8 Å². The average molecular weight is 1310 g/mol. The van der Waals surface area contributed by atoms with Gasteiger partial charge in [-0.2, -0.15) is 23.5 Å². The first-order chi connectivity index (χ1) is 42.2. The molecule has 0 saturated carbocycles. The van der Waals surface area contributed by atoms with Crippen LogP contribution in [0.2, 0.25) is 0 Å². The number of hydrogen-bond acceptors (Lipinski definition) is 21. The summed E-state index contributed by atoms with van der Waals surface area (Å²) in [6.07, 6.45) is -1.09. The molecule has 25 heteroatoms. The molecule has 5 fully saturated rings. The Morgan fingerprint density at radius 1 is 0.379 bits per heavy atom. The van der Waals surface area contributed by atoms with Gasteiger partial charge in [-0.1, -0.05) is 119 Å². The van der Waals surface area contributed by atoms with E-state index in [-0.39, 0.29) is 50.0 Å². The van der Waals surface area contributed by atoms with Crippen LogP contribution in [0.1, 0.15) is 196 Å². The Kier molecular flexibility index (Phi) is 40.2. The van der Waals surface area contributed by atoms with Crippen LogP contribution in [0.15, 0.2) is 0 Å². The van der Waals surface area contributed by atoms with Crippen LogP contribution >= 0.6 is 48.0 Å². The van der Waals surface area contributed by atoms with Crippen LogP contribution < -0.4 is 21.3 Å². The minimum atomic E-state index is -1.64. The Morgan fingerprint density at radius 2 is 0.644 bits per heavy atom. The second kappa shape index (κ2) is 45.9. The zero-order chi connectivity index (χ0) is 63.0. The molecule has 500 valence electrons. The monoisotopic (exact) mass is 1300 g/mol. The molecule has 0 aromatic rings. The number of thioether (sulfide) groups is 2. The van der Waals surface area contributed by atoms with E-state index in [4.69, 9.17) is 67.1 Å². The van der Waals surface area contributed by atoms with Crippen LogP contribution in [0.4, 0.5) is 0 Å². The van der Waals surface area contributed by atoms with Crippen molar-refractivity contribution in [1.29, 1.82) is 0 Å². The van der Waals surface area contributed by atoms with E-state index in [2.05, 4.69) is 31.1 Å². The van der Waals surface area contributed by atoms with Crippen LogP contribution in [0.25, 0.3) is 0 Å². The number of piperazine rings is 1. The lowest BCUT2D eigenvalue weighted by molar-refractivity contribution is -0.371. The maximum absolute atomic E-state index is 14.2. The number of esters is 6. The van der Waals surface area contributed by atoms with Gasteiger partial charge < -0.3 is 63.9 Å². The lowest BCUT2D eigenvalue weighted by Gasteiger charge is -2.48. The number of carbonyl (C=O) groups excluding carboxylic acids is 6. The van der Waals surface area contributed by atoms with Crippen LogP contribution in [0, 0.1) is 0 Å². The molecule has 10 atom stereocenters. The van der Waals surface area contributed by atoms with Crippen molar-refractivity contribution >= 4 is 94.0 Å². The topological polar surface area (TPSA) is 240 Å². The van der Waals surface area contributed by atoms with E-state index < -0.39 is 97.2 Å². The molecule has 5 unspecified atom stereocenters. The normalized spacial score (nSPS) is 27.2. The van der Waals surface area contributed by atoms with Crippen molar-refractivity contribution in [3.05, 3.63) is 0 Å². The van der Waals surface area contributed by atoms with Crippen LogP contribution in [0.5, 0.6) is 0 Å². The van der Waals surface area contributed by atoms with Gasteiger partial charge in [-0.05, 0) is 63.0 Å². The highest BCUT2D eigenvalue weighted by molar-refractivity contribution is 7.99. The fraction of sp³-hybridized carbons (Fsp3) is 0.871. The lowest BCUT2D eigenvalue weighted by Crippen LogP contribution is -2.66. The van der Waals surface area contributed by atoms with E-state index in [1.165, 1.54) is 23.5 Å². The van der Waals surface area contributed by atoms with Gasteiger partial charge in [0.1, 0.15) is 12.2 Å².